The molecule has 80 valence electrons. The van der Waals surface area contributed by atoms with Crippen molar-refractivity contribution in [2.24, 2.45) is 5.92 Å². The zero-order valence-corrected chi connectivity index (χ0v) is 8.82. The molecule has 0 aromatic carbocycles. The standard InChI is InChI=1S/C9H17N3O2/c1-6(2)8(13)4-10-5-9-11-7(3)14-12-9/h6,8,10,13H,4-5H2,1-3H3. The second kappa shape index (κ2) is 5.07. The fourth-order valence-electron chi connectivity index (χ4n) is 0.981. The summed E-state index contributed by atoms with van der Waals surface area (Å²) >= 11 is 0. The van der Waals surface area contributed by atoms with E-state index in [2.05, 4.69) is 15.5 Å². The highest BCUT2D eigenvalue weighted by molar-refractivity contribution is 4.83. The van der Waals surface area contributed by atoms with E-state index in [0.717, 1.165) is 0 Å². The third-order valence-electron chi connectivity index (χ3n) is 1.98. The molecule has 0 amide bonds. The van der Waals surface area contributed by atoms with Gasteiger partial charge in [-0.2, -0.15) is 4.98 Å². The van der Waals surface area contributed by atoms with Crippen molar-refractivity contribution in [2.45, 2.75) is 33.4 Å². The molecule has 0 spiro atoms. The Morgan fingerprint density at radius 1 is 1.50 bits per heavy atom. The molecule has 0 fully saturated rings. The average molecular weight is 199 g/mol. The number of hydrogen-bond acceptors (Lipinski definition) is 5. The predicted octanol–water partition coefficient (Wildman–Crippen LogP) is 0.485. The first-order valence-electron chi connectivity index (χ1n) is 4.77. The highest BCUT2D eigenvalue weighted by Crippen LogP contribution is 1.99. The molecular formula is C9H17N3O2. The Labute approximate surface area is 83.5 Å². The predicted molar refractivity (Wildman–Crippen MR) is 51.6 cm³/mol. The molecule has 2 N–H and O–H groups in total. The van der Waals surface area contributed by atoms with Crippen molar-refractivity contribution in [1.82, 2.24) is 15.5 Å². The maximum atomic E-state index is 9.48. The lowest BCUT2D eigenvalue weighted by Crippen LogP contribution is -2.30. The minimum Gasteiger partial charge on any atom is -0.392 e. The molecule has 1 aromatic rings. The minimum absolute atomic E-state index is 0.259. The molecule has 0 radical (unpaired) electrons. The maximum absolute atomic E-state index is 9.48. The van der Waals surface area contributed by atoms with Crippen molar-refractivity contribution in [3.05, 3.63) is 11.7 Å². The van der Waals surface area contributed by atoms with Crippen LogP contribution < -0.4 is 5.32 Å². The lowest BCUT2D eigenvalue weighted by molar-refractivity contribution is 0.123. The molecule has 5 nitrogen and oxygen atoms in total. The Hall–Kier alpha value is -0.940. The molecular weight excluding hydrogens is 182 g/mol. The topological polar surface area (TPSA) is 71.2 Å². The van der Waals surface area contributed by atoms with Gasteiger partial charge < -0.3 is 14.9 Å². The van der Waals surface area contributed by atoms with Gasteiger partial charge in [0.2, 0.25) is 5.89 Å². The number of rotatable bonds is 5. The van der Waals surface area contributed by atoms with Crippen LogP contribution in [0, 0.1) is 12.8 Å². The van der Waals surface area contributed by atoms with E-state index in [0.29, 0.717) is 24.8 Å². The second-order valence-corrected chi connectivity index (χ2v) is 3.67. The molecule has 1 rings (SSSR count). The van der Waals surface area contributed by atoms with Gasteiger partial charge in [-0.15, -0.1) is 0 Å². The van der Waals surface area contributed by atoms with Crippen LogP contribution in [0.3, 0.4) is 0 Å². The summed E-state index contributed by atoms with van der Waals surface area (Å²) in [5.74, 6) is 1.44. The summed E-state index contributed by atoms with van der Waals surface area (Å²) in [7, 11) is 0. The summed E-state index contributed by atoms with van der Waals surface area (Å²) < 4.78 is 4.81. The molecule has 0 bridgehead atoms. The van der Waals surface area contributed by atoms with E-state index in [1.54, 1.807) is 6.92 Å². The first kappa shape index (κ1) is 11.1. The van der Waals surface area contributed by atoms with Crippen LogP contribution in [-0.4, -0.2) is 27.9 Å². The van der Waals surface area contributed by atoms with Crippen LogP contribution in [-0.2, 0) is 6.54 Å². The van der Waals surface area contributed by atoms with Gasteiger partial charge in [-0.25, -0.2) is 0 Å². The number of aliphatic hydroxyl groups excluding tert-OH is 1. The van der Waals surface area contributed by atoms with E-state index in [4.69, 9.17) is 4.52 Å². The Kier molecular flexibility index (Phi) is 4.03. The zero-order chi connectivity index (χ0) is 10.6. The van der Waals surface area contributed by atoms with E-state index in [-0.39, 0.29) is 12.0 Å². The molecule has 14 heavy (non-hydrogen) atoms. The minimum atomic E-state index is -0.331. The van der Waals surface area contributed by atoms with Gasteiger partial charge >= 0.3 is 0 Å². The van der Waals surface area contributed by atoms with E-state index in [1.807, 2.05) is 13.8 Å². The molecule has 0 aliphatic heterocycles. The van der Waals surface area contributed by atoms with E-state index < -0.39 is 0 Å². The van der Waals surface area contributed by atoms with Gasteiger partial charge in [-0.1, -0.05) is 19.0 Å². The smallest absolute Gasteiger partial charge is 0.223 e. The molecule has 0 aliphatic carbocycles. The summed E-state index contributed by atoms with van der Waals surface area (Å²) in [5, 5.41) is 16.3. The number of nitrogens with zero attached hydrogens (tertiary/aromatic N) is 2. The first-order chi connectivity index (χ1) is 6.59. The molecule has 0 aliphatic rings. The Balaban J connectivity index is 2.22. The second-order valence-electron chi connectivity index (χ2n) is 3.67. The van der Waals surface area contributed by atoms with Gasteiger partial charge in [0.1, 0.15) is 0 Å². The fraction of sp³-hybridized carbons (Fsp3) is 0.778. The SMILES string of the molecule is Cc1nc(CNCC(O)C(C)C)no1. The number of aromatic nitrogens is 2. The molecule has 1 unspecified atom stereocenters. The van der Waals surface area contributed by atoms with Crippen LogP contribution in [0.2, 0.25) is 0 Å². The van der Waals surface area contributed by atoms with Crippen molar-refractivity contribution in [2.75, 3.05) is 6.54 Å². The van der Waals surface area contributed by atoms with Gasteiger partial charge in [0.15, 0.2) is 5.82 Å². The summed E-state index contributed by atoms with van der Waals surface area (Å²) in [6.07, 6.45) is -0.331. The highest BCUT2D eigenvalue weighted by atomic mass is 16.5. The van der Waals surface area contributed by atoms with Crippen LogP contribution >= 0.6 is 0 Å². The zero-order valence-electron chi connectivity index (χ0n) is 8.82. The van der Waals surface area contributed by atoms with Crippen LogP contribution in [0.1, 0.15) is 25.6 Å². The number of nitrogens with one attached hydrogen (secondary N) is 1. The lowest BCUT2D eigenvalue weighted by Gasteiger charge is -2.13. The number of hydrogen-bond donors (Lipinski definition) is 2. The maximum Gasteiger partial charge on any atom is 0.223 e. The van der Waals surface area contributed by atoms with Crippen LogP contribution in [0.15, 0.2) is 4.52 Å². The van der Waals surface area contributed by atoms with Crippen LogP contribution in [0.5, 0.6) is 0 Å². The molecule has 1 atom stereocenters. The van der Waals surface area contributed by atoms with Crippen molar-refractivity contribution >= 4 is 0 Å². The summed E-state index contributed by atoms with van der Waals surface area (Å²) in [4.78, 5) is 4.03. The van der Waals surface area contributed by atoms with Crippen molar-refractivity contribution in [1.29, 1.82) is 0 Å². The molecule has 0 saturated heterocycles. The summed E-state index contributed by atoms with van der Waals surface area (Å²) in [6.45, 7) is 6.78. The Bertz CT molecular complexity index is 273. The molecule has 5 heteroatoms. The van der Waals surface area contributed by atoms with Crippen molar-refractivity contribution < 1.29 is 9.63 Å². The van der Waals surface area contributed by atoms with E-state index in [1.165, 1.54) is 0 Å². The monoisotopic (exact) mass is 199 g/mol. The van der Waals surface area contributed by atoms with Gasteiger partial charge in [0, 0.05) is 13.5 Å². The molecule has 1 aromatic heterocycles. The van der Waals surface area contributed by atoms with E-state index in [9.17, 15) is 5.11 Å². The van der Waals surface area contributed by atoms with E-state index >= 15 is 0 Å². The normalized spacial score (nSPS) is 13.5. The largest absolute Gasteiger partial charge is 0.392 e. The van der Waals surface area contributed by atoms with Gasteiger partial charge in [-0.05, 0) is 5.92 Å². The van der Waals surface area contributed by atoms with Crippen molar-refractivity contribution in [3.63, 3.8) is 0 Å². The first-order valence-corrected chi connectivity index (χ1v) is 4.77. The quantitative estimate of drug-likeness (QED) is 0.722. The number of aryl methyl sites for hydroxylation is 1. The summed E-state index contributed by atoms with van der Waals surface area (Å²) in [5.41, 5.74) is 0. The van der Waals surface area contributed by atoms with Crippen molar-refractivity contribution in [3.8, 4) is 0 Å². The van der Waals surface area contributed by atoms with Crippen LogP contribution in [0.25, 0.3) is 0 Å². The molecule has 0 saturated carbocycles. The molecule has 1 heterocycles. The fourth-order valence-corrected chi connectivity index (χ4v) is 0.981. The summed E-state index contributed by atoms with van der Waals surface area (Å²) in [6, 6.07) is 0. The Morgan fingerprint density at radius 3 is 2.71 bits per heavy atom. The van der Waals surface area contributed by atoms with Gasteiger partial charge in [0.25, 0.3) is 0 Å². The van der Waals surface area contributed by atoms with Gasteiger partial charge in [-0.3, -0.25) is 0 Å². The lowest BCUT2D eigenvalue weighted by atomic mass is 10.1. The Morgan fingerprint density at radius 2 is 2.21 bits per heavy atom. The third-order valence-corrected chi connectivity index (χ3v) is 1.98. The third kappa shape index (κ3) is 3.43. The number of aliphatic hydroxyl groups is 1. The van der Waals surface area contributed by atoms with Gasteiger partial charge in [0.05, 0.1) is 12.6 Å². The van der Waals surface area contributed by atoms with Crippen LogP contribution in [0.4, 0.5) is 0 Å². The average Bonchev–Trinajstić information content (AvgIpc) is 2.51. The highest BCUT2D eigenvalue weighted by Gasteiger charge is 2.08.